The van der Waals surface area contributed by atoms with E-state index in [4.69, 9.17) is 0 Å². The molecule has 0 unspecified atom stereocenters. The third-order valence-corrected chi connectivity index (χ3v) is 4.98. The highest BCUT2D eigenvalue weighted by Gasteiger charge is 2.33. The van der Waals surface area contributed by atoms with Crippen LogP contribution in [0.4, 0.5) is 0 Å². The van der Waals surface area contributed by atoms with E-state index in [0.717, 1.165) is 37.7 Å². The fourth-order valence-electron chi connectivity index (χ4n) is 3.39. The molecule has 0 saturated heterocycles. The van der Waals surface area contributed by atoms with Crippen LogP contribution in [0.1, 0.15) is 61.4 Å². The maximum Gasteiger partial charge on any atom is 0.253 e. The maximum atomic E-state index is 12.6. The van der Waals surface area contributed by atoms with Gasteiger partial charge in [0.05, 0.1) is 12.0 Å². The molecule has 2 amide bonds. The lowest BCUT2D eigenvalue weighted by Gasteiger charge is -2.33. The molecule has 0 aliphatic heterocycles. The van der Waals surface area contributed by atoms with Gasteiger partial charge in [0, 0.05) is 32.7 Å². The van der Waals surface area contributed by atoms with Crippen LogP contribution in [0.3, 0.4) is 0 Å². The summed E-state index contributed by atoms with van der Waals surface area (Å²) in [5.41, 5.74) is 0.797. The lowest BCUT2D eigenvalue weighted by Crippen LogP contribution is -2.40. The molecule has 1 N–H and O–H groups in total. The number of nitrogens with zero attached hydrogens (tertiary/aromatic N) is 2. The quantitative estimate of drug-likeness (QED) is 0.861. The van der Waals surface area contributed by atoms with Gasteiger partial charge >= 0.3 is 0 Å². The first-order valence-corrected chi connectivity index (χ1v) is 9.15. The summed E-state index contributed by atoms with van der Waals surface area (Å²) in [6, 6.07) is 7.37. The van der Waals surface area contributed by atoms with E-state index in [0.29, 0.717) is 18.7 Å². The largest absolute Gasteiger partial charge is 0.389 e. The zero-order chi connectivity index (χ0) is 18.4. The summed E-state index contributed by atoms with van der Waals surface area (Å²) in [7, 11) is 3.45. The van der Waals surface area contributed by atoms with E-state index >= 15 is 0 Å². The minimum atomic E-state index is -0.829. The van der Waals surface area contributed by atoms with E-state index in [9.17, 15) is 14.7 Å². The van der Waals surface area contributed by atoms with Crippen molar-refractivity contribution in [3.05, 3.63) is 35.4 Å². The number of hydrogen-bond acceptors (Lipinski definition) is 3. The molecule has 1 aliphatic carbocycles. The molecule has 25 heavy (non-hydrogen) atoms. The van der Waals surface area contributed by atoms with Gasteiger partial charge in [-0.05, 0) is 37.5 Å². The smallest absolute Gasteiger partial charge is 0.253 e. The van der Waals surface area contributed by atoms with Crippen molar-refractivity contribution in [3.63, 3.8) is 0 Å². The zero-order valence-electron chi connectivity index (χ0n) is 15.6. The van der Waals surface area contributed by atoms with Gasteiger partial charge in [-0.25, -0.2) is 0 Å². The molecule has 0 bridgehead atoms. The first kappa shape index (κ1) is 19.4. The van der Waals surface area contributed by atoms with Crippen LogP contribution < -0.4 is 0 Å². The summed E-state index contributed by atoms with van der Waals surface area (Å²) in [5.74, 6) is -0.0326. The second kappa shape index (κ2) is 8.48. The molecule has 1 aromatic rings. The normalized spacial score (nSPS) is 16.3. The average molecular weight is 346 g/mol. The molecule has 1 aliphatic rings. The predicted octanol–water partition coefficient (Wildman–Crippen LogP) is 2.82. The number of benzene rings is 1. The Morgan fingerprint density at radius 3 is 2.20 bits per heavy atom. The molecule has 0 spiro atoms. The first-order valence-electron chi connectivity index (χ1n) is 9.15. The van der Waals surface area contributed by atoms with Gasteiger partial charge in [0.2, 0.25) is 5.91 Å². The van der Waals surface area contributed by atoms with Crippen molar-refractivity contribution in [1.82, 2.24) is 9.80 Å². The van der Waals surface area contributed by atoms with Crippen LogP contribution >= 0.6 is 0 Å². The molecule has 1 fully saturated rings. The lowest BCUT2D eigenvalue weighted by atomic mass is 9.82. The van der Waals surface area contributed by atoms with Gasteiger partial charge in [-0.3, -0.25) is 9.59 Å². The van der Waals surface area contributed by atoms with Crippen LogP contribution in [0.15, 0.2) is 24.3 Å². The third-order valence-electron chi connectivity index (χ3n) is 4.98. The van der Waals surface area contributed by atoms with E-state index < -0.39 is 5.60 Å². The Labute approximate surface area is 150 Å². The van der Waals surface area contributed by atoms with Crippen LogP contribution in [0.2, 0.25) is 0 Å². The molecule has 1 saturated carbocycles. The Morgan fingerprint density at radius 2 is 1.68 bits per heavy atom. The summed E-state index contributed by atoms with van der Waals surface area (Å²) >= 11 is 0. The Kier molecular flexibility index (Phi) is 6.59. The molecule has 0 radical (unpaired) electrons. The fourth-order valence-corrected chi connectivity index (χ4v) is 3.39. The fraction of sp³-hybridized carbons (Fsp3) is 0.600. The number of rotatable bonds is 6. The minimum Gasteiger partial charge on any atom is -0.389 e. The molecule has 5 heteroatoms. The maximum absolute atomic E-state index is 12.6. The SMILES string of the molecule is CCN(Cc1ccc(C(=O)N(C)C)cc1)C(=O)CC1(O)CCCCC1. The van der Waals surface area contributed by atoms with Gasteiger partial charge < -0.3 is 14.9 Å². The van der Waals surface area contributed by atoms with Crippen LogP contribution in [-0.4, -0.2) is 53.0 Å². The predicted molar refractivity (Wildman–Crippen MR) is 98.2 cm³/mol. The summed E-state index contributed by atoms with van der Waals surface area (Å²) in [6.45, 7) is 3.06. The van der Waals surface area contributed by atoms with Crippen molar-refractivity contribution >= 4 is 11.8 Å². The van der Waals surface area contributed by atoms with Crippen molar-refractivity contribution in [2.75, 3.05) is 20.6 Å². The Hall–Kier alpha value is -1.88. The second-order valence-corrected chi connectivity index (χ2v) is 7.27. The highest BCUT2D eigenvalue weighted by Crippen LogP contribution is 2.31. The molecular weight excluding hydrogens is 316 g/mol. The van der Waals surface area contributed by atoms with Crippen molar-refractivity contribution in [2.45, 2.75) is 57.6 Å². The number of aliphatic hydroxyl groups is 1. The molecule has 2 rings (SSSR count). The molecule has 0 heterocycles. The van der Waals surface area contributed by atoms with E-state index in [1.807, 2.05) is 19.1 Å². The Morgan fingerprint density at radius 1 is 1.08 bits per heavy atom. The number of carbonyl (C=O) groups is 2. The average Bonchev–Trinajstić information content (AvgIpc) is 2.59. The summed E-state index contributed by atoms with van der Waals surface area (Å²) in [6.07, 6.45) is 4.79. The van der Waals surface area contributed by atoms with E-state index in [2.05, 4.69) is 0 Å². The van der Waals surface area contributed by atoms with Crippen molar-refractivity contribution in [3.8, 4) is 0 Å². The van der Waals surface area contributed by atoms with Crippen LogP contribution in [0.5, 0.6) is 0 Å². The van der Waals surface area contributed by atoms with Crippen LogP contribution in [0.25, 0.3) is 0 Å². The van der Waals surface area contributed by atoms with E-state index in [-0.39, 0.29) is 18.2 Å². The number of hydrogen-bond donors (Lipinski definition) is 1. The molecule has 5 nitrogen and oxygen atoms in total. The molecule has 0 aromatic heterocycles. The minimum absolute atomic E-state index is 0.000319. The Bertz CT molecular complexity index is 589. The highest BCUT2D eigenvalue weighted by atomic mass is 16.3. The van der Waals surface area contributed by atoms with Gasteiger partial charge in [-0.2, -0.15) is 0 Å². The molecule has 138 valence electrons. The second-order valence-electron chi connectivity index (χ2n) is 7.27. The van der Waals surface area contributed by atoms with Crippen molar-refractivity contribution in [2.24, 2.45) is 0 Å². The third kappa shape index (κ3) is 5.30. The zero-order valence-corrected chi connectivity index (χ0v) is 15.6. The van der Waals surface area contributed by atoms with Crippen molar-refractivity contribution < 1.29 is 14.7 Å². The summed E-state index contributed by atoms with van der Waals surface area (Å²) < 4.78 is 0. The molecule has 1 aromatic carbocycles. The van der Waals surface area contributed by atoms with Gasteiger partial charge in [0.25, 0.3) is 5.91 Å². The Balaban J connectivity index is 1.98. The molecular formula is C20H30N2O3. The topological polar surface area (TPSA) is 60.9 Å². The van der Waals surface area contributed by atoms with Gasteiger partial charge in [0.15, 0.2) is 0 Å². The van der Waals surface area contributed by atoms with Gasteiger partial charge in [-0.1, -0.05) is 31.4 Å². The first-order chi connectivity index (χ1) is 11.8. The lowest BCUT2D eigenvalue weighted by molar-refractivity contribution is -0.138. The van der Waals surface area contributed by atoms with Crippen molar-refractivity contribution in [1.29, 1.82) is 0 Å². The number of carbonyl (C=O) groups excluding carboxylic acids is 2. The van der Waals surface area contributed by atoms with Gasteiger partial charge in [0.1, 0.15) is 0 Å². The standard InChI is InChI=1S/C20H30N2O3/c1-4-22(18(23)14-20(25)12-6-5-7-13-20)15-16-8-10-17(11-9-16)19(24)21(2)3/h8-11,25H,4-7,12-15H2,1-3H3. The highest BCUT2D eigenvalue weighted by molar-refractivity contribution is 5.93. The van der Waals surface area contributed by atoms with Crippen LogP contribution in [0, 0.1) is 0 Å². The summed E-state index contributed by atoms with van der Waals surface area (Å²) in [4.78, 5) is 27.9. The summed E-state index contributed by atoms with van der Waals surface area (Å²) in [5, 5.41) is 10.6. The van der Waals surface area contributed by atoms with Crippen LogP contribution in [-0.2, 0) is 11.3 Å². The van der Waals surface area contributed by atoms with E-state index in [1.165, 1.54) is 0 Å². The van der Waals surface area contributed by atoms with Gasteiger partial charge in [-0.15, -0.1) is 0 Å². The number of amides is 2. The monoisotopic (exact) mass is 346 g/mol. The van der Waals surface area contributed by atoms with E-state index in [1.54, 1.807) is 36.0 Å². The molecule has 0 atom stereocenters.